The van der Waals surface area contributed by atoms with E-state index in [0.29, 0.717) is 5.57 Å². The van der Waals surface area contributed by atoms with Gasteiger partial charge in [-0.3, -0.25) is 19.3 Å². The zero-order valence-electron chi connectivity index (χ0n) is 15.3. The summed E-state index contributed by atoms with van der Waals surface area (Å²) in [5, 5.41) is 21.3. The number of phenolic OH excluding ortho intramolecular Hbond substituents is 1. The fraction of sp³-hybridized carbons (Fsp3) is 0.333. The molecule has 3 rings (SSSR count). The van der Waals surface area contributed by atoms with Crippen molar-refractivity contribution in [2.45, 2.75) is 24.4 Å². The molecule has 10 nitrogen and oxygen atoms in total. The van der Waals surface area contributed by atoms with Gasteiger partial charge >= 0.3 is 11.9 Å². The quantitative estimate of drug-likeness (QED) is 0.357. The molecular formula is C18H19N3O7S. The van der Waals surface area contributed by atoms with E-state index in [1.807, 2.05) is 0 Å². The lowest BCUT2D eigenvalue weighted by molar-refractivity contribution is -0.151. The number of phenols is 1. The molecule has 29 heavy (non-hydrogen) atoms. The van der Waals surface area contributed by atoms with Crippen molar-refractivity contribution in [1.29, 1.82) is 0 Å². The Bertz CT molecular complexity index is 916. The number of aromatic hydroxyl groups is 1. The number of benzene rings is 1. The summed E-state index contributed by atoms with van der Waals surface area (Å²) >= 11 is 1.25. The maximum Gasteiger partial charge on any atom is 0.352 e. The highest BCUT2D eigenvalue weighted by molar-refractivity contribution is 8.00. The third kappa shape index (κ3) is 3.91. The molecule has 3 atom stereocenters. The maximum atomic E-state index is 12.6. The van der Waals surface area contributed by atoms with Crippen LogP contribution in [0.25, 0.3) is 0 Å². The first kappa shape index (κ1) is 20.7. The number of esters is 1. The predicted octanol–water partition coefficient (Wildman–Crippen LogP) is -0.306. The Hall–Kier alpha value is -3.05. The minimum absolute atomic E-state index is 0.144. The number of β-lactam (4-membered cyclic amide) rings is 1. The summed E-state index contributed by atoms with van der Waals surface area (Å²) in [5.74, 6) is -3.07. The van der Waals surface area contributed by atoms with Crippen molar-refractivity contribution in [3.8, 4) is 5.75 Å². The molecule has 1 aromatic rings. The first-order valence-electron chi connectivity index (χ1n) is 8.59. The first-order valence-corrected chi connectivity index (χ1v) is 9.64. The molecule has 1 fully saturated rings. The van der Waals surface area contributed by atoms with Gasteiger partial charge < -0.3 is 26.0 Å². The summed E-state index contributed by atoms with van der Waals surface area (Å²) < 4.78 is 4.87. The zero-order chi connectivity index (χ0) is 21.3. The van der Waals surface area contributed by atoms with Gasteiger partial charge in [0.05, 0.1) is 0 Å². The maximum absolute atomic E-state index is 12.6. The van der Waals surface area contributed by atoms with E-state index in [2.05, 4.69) is 5.32 Å². The fourth-order valence-corrected chi connectivity index (χ4v) is 4.45. The Labute approximate surface area is 169 Å². The second-order valence-electron chi connectivity index (χ2n) is 6.47. The van der Waals surface area contributed by atoms with Crippen LogP contribution in [0.1, 0.15) is 18.5 Å². The number of carbonyl (C=O) groups excluding carboxylic acids is 3. The number of hydrogen-bond acceptors (Lipinski definition) is 8. The number of hydrogen-bond donors (Lipinski definition) is 4. The Balaban J connectivity index is 1.73. The second kappa shape index (κ2) is 8.13. The number of nitrogens with zero attached hydrogens (tertiary/aromatic N) is 1. The van der Waals surface area contributed by atoms with Crippen LogP contribution < -0.4 is 11.1 Å². The van der Waals surface area contributed by atoms with Crippen LogP contribution in [0, 0.1) is 0 Å². The van der Waals surface area contributed by atoms with Crippen LogP contribution in [0.3, 0.4) is 0 Å². The topological polar surface area (TPSA) is 159 Å². The molecule has 2 heterocycles. The number of rotatable bonds is 6. The number of nitrogens with two attached hydrogens (primary N) is 1. The number of para-hydroxylation sites is 1. The van der Waals surface area contributed by atoms with E-state index < -0.39 is 41.2 Å². The average Bonchev–Trinajstić information content (AvgIpc) is 2.68. The zero-order valence-corrected chi connectivity index (χ0v) is 16.1. The monoisotopic (exact) mass is 421 g/mol. The van der Waals surface area contributed by atoms with Gasteiger partial charge in [0, 0.05) is 23.8 Å². The molecule has 11 heteroatoms. The van der Waals surface area contributed by atoms with E-state index in [-0.39, 0.29) is 29.4 Å². The highest BCUT2D eigenvalue weighted by atomic mass is 32.2. The van der Waals surface area contributed by atoms with Crippen LogP contribution in [0.15, 0.2) is 35.5 Å². The van der Waals surface area contributed by atoms with Gasteiger partial charge in [0.25, 0.3) is 5.91 Å². The van der Waals surface area contributed by atoms with Gasteiger partial charge in [-0.2, -0.15) is 0 Å². The van der Waals surface area contributed by atoms with Gasteiger partial charge in [-0.25, -0.2) is 4.79 Å². The standard InChI is InChI=1S/C18H19N3O7S/c1-8(22)28-6-9-7-29-17-13(16(25)21(17)14(9)18(26)27)20-15(24)12(19)10-4-2-3-5-11(10)23/h2-5,12-13,17,23H,6-7,19H2,1H3,(H,20,24)(H,26,27)/t12-,13-,17-/m1/s1. The summed E-state index contributed by atoms with van der Waals surface area (Å²) in [6.07, 6.45) is 0. The van der Waals surface area contributed by atoms with E-state index in [0.717, 1.165) is 4.90 Å². The van der Waals surface area contributed by atoms with Crippen molar-refractivity contribution in [2.75, 3.05) is 12.4 Å². The highest BCUT2D eigenvalue weighted by Crippen LogP contribution is 2.40. The number of ether oxygens (including phenoxy) is 1. The van der Waals surface area contributed by atoms with Gasteiger partial charge in [0.15, 0.2) is 0 Å². The van der Waals surface area contributed by atoms with Crippen molar-refractivity contribution >= 4 is 35.5 Å². The van der Waals surface area contributed by atoms with Crippen molar-refractivity contribution in [3.05, 3.63) is 41.1 Å². The third-order valence-corrected chi connectivity index (χ3v) is 5.89. The number of carbonyl (C=O) groups is 4. The van der Waals surface area contributed by atoms with Gasteiger partial charge in [0.1, 0.15) is 35.5 Å². The fourth-order valence-electron chi connectivity index (χ4n) is 3.12. The van der Waals surface area contributed by atoms with E-state index in [1.54, 1.807) is 12.1 Å². The molecule has 0 spiro atoms. The normalized spacial score (nSPS) is 21.7. The number of thioether (sulfide) groups is 1. The van der Waals surface area contributed by atoms with Crippen molar-refractivity contribution < 1.29 is 34.1 Å². The molecule has 2 aliphatic heterocycles. The molecular weight excluding hydrogens is 402 g/mol. The SMILES string of the molecule is CC(=O)OCC1=C(C(=O)O)N2C(=O)[C@@H](NC(=O)[C@H](N)c3ccccc3O)[C@H]2SC1. The molecule has 0 aliphatic carbocycles. The molecule has 0 unspecified atom stereocenters. The molecule has 0 saturated carbocycles. The Kier molecular flexibility index (Phi) is 5.80. The summed E-state index contributed by atoms with van der Waals surface area (Å²) in [6, 6.07) is 3.95. The van der Waals surface area contributed by atoms with Crippen molar-refractivity contribution in [2.24, 2.45) is 5.73 Å². The summed E-state index contributed by atoms with van der Waals surface area (Å²) in [7, 11) is 0. The summed E-state index contributed by atoms with van der Waals surface area (Å²) in [4.78, 5) is 48.8. The molecule has 0 aromatic heterocycles. The van der Waals surface area contributed by atoms with Crippen LogP contribution in [0.5, 0.6) is 5.75 Å². The minimum Gasteiger partial charge on any atom is -0.508 e. The van der Waals surface area contributed by atoms with Gasteiger partial charge in [-0.15, -0.1) is 11.8 Å². The molecule has 5 N–H and O–H groups in total. The number of nitrogens with one attached hydrogen (secondary N) is 1. The summed E-state index contributed by atoms with van der Waals surface area (Å²) in [6.45, 7) is 0.976. The lowest BCUT2D eigenvalue weighted by atomic mass is 10.0. The van der Waals surface area contributed by atoms with Gasteiger partial charge in [-0.1, -0.05) is 18.2 Å². The van der Waals surface area contributed by atoms with Crippen LogP contribution in [0.2, 0.25) is 0 Å². The number of carboxylic acids is 1. The van der Waals surface area contributed by atoms with Crippen LogP contribution in [-0.2, 0) is 23.9 Å². The lowest BCUT2D eigenvalue weighted by Crippen LogP contribution is -2.71. The number of amides is 2. The smallest absolute Gasteiger partial charge is 0.352 e. The van der Waals surface area contributed by atoms with E-state index in [1.165, 1.54) is 30.8 Å². The van der Waals surface area contributed by atoms with E-state index >= 15 is 0 Å². The van der Waals surface area contributed by atoms with Crippen LogP contribution in [0.4, 0.5) is 0 Å². The lowest BCUT2D eigenvalue weighted by Gasteiger charge is -2.49. The molecule has 2 aliphatic rings. The Morgan fingerprint density at radius 1 is 1.38 bits per heavy atom. The first-order chi connectivity index (χ1) is 13.7. The largest absolute Gasteiger partial charge is 0.508 e. The number of aliphatic carboxylic acids is 1. The van der Waals surface area contributed by atoms with Crippen molar-refractivity contribution in [1.82, 2.24) is 10.2 Å². The molecule has 154 valence electrons. The van der Waals surface area contributed by atoms with E-state index in [4.69, 9.17) is 10.5 Å². The molecule has 1 aromatic carbocycles. The number of carboxylic acid groups (broad SMARTS) is 1. The number of fused-ring (bicyclic) bond motifs is 1. The third-order valence-electron chi connectivity index (χ3n) is 4.55. The minimum atomic E-state index is -1.32. The Morgan fingerprint density at radius 3 is 2.69 bits per heavy atom. The van der Waals surface area contributed by atoms with Crippen molar-refractivity contribution in [3.63, 3.8) is 0 Å². The summed E-state index contributed by atoms with van der Waals surface area (Å²) in [5.41, 5.74) is 6.16. The Morgan fingerprint density at radius 2 is 2.07 bits per heavy atom. The van der Waals surface area contributed by atoms with Gasteiger partial charge in [0.2, 0.25) is 5.91 Å². The predicted molar refractivity (Wildman–Crippen MR) is 101 cm³/mol. The highest BCUT2D eigenvalue weighted by Gasteiger charge is 2.54. The molecule has 1 saturated heterocycles. The van der Waals surface area contributed by atoms with Crippen LogP contribution in [-0.4, -0.2) is 62.6 Å². The second-order valence-corrected chi connectivity index (χ2v) is 7.58. The van der Waals surface area contributed by atoms with Gasteiger partial charge in [-0.05, 0) is 6.07 Å². The molecule has 0 bridgehead atoms. The molecule has 2 amide bonds. The average molecular weight is 421 g/mol. The van der Waals surface area contributed by atoms with E-state index in [9.17, 15) is 29.4 Å². The van der Waals surface area contributed by atoms with Crippen LogP contribution >= 0.6 is 11.8 Å². The molecule has 0 radical (unpaired) electrons.